The summed E-state index contributed by atoms with van der Waals surface area (Å²) in [5.74, 6) is 0. The normalized spacial score (nSPS) is 12.7. The van der Waals surface area contributed by atoms with E-state index in [4.69, 9.17) is 0 Å². The molecule has 18 heavy (non-hydrogen) atoms. The van der Waals surface area contributed by atoms with E-state index in [2.05, 4.69) is 74.4 Å². The third-order valence-corrected chi connectivity index (χ3v) is 5.42. The first kappa shape index (κ1) is 14.3. The van der Waals surface area contributed by atoms with E-state index < -0.39 is 0 Å². The number of thiophene rings is 1. The molecule has 0 saturated heterocycles. The maximum atomic E-state index is 3.65. The van der Waals surface area contributed by atoms with Crippen molar-refractivity contribution in [3.05, 3.63) is 54.6 Å². The molecular formula is C14H15Br2NS. The largest absolute Gasteiger partial charge is 0.309 e. The number of hydrogen-bond acceptors (Lipinski definition) is 2. The average Bonchev–Trinajstić information content (AvgIpc) is 2.70. The molecule has 1 N–H and O–H groups in total. The van der Waals surface area contributed by atoms with Crippen LogP contribution in [-0.4, -0.2) is 7.05 Å². The number of hydrogen-bond donors (Lipinski definition) is 1. The summed E-state index contributed by atoms with van der Waals surface area (Å²) in [5.41, 5.74) is 4.04. The minimum absolute atomic E-state index is 0.234. The van der Waals surface area contributed by atoms with E-state index >= 15 is 0 Å². The van der Waals surface area contributed by atoms with Gasteiger partial charge in [0.2, 0.25) is 0 Å². The van der Waals surface area contributed by atoms with Crippen molar-refractivity contribution < 1.29 is 0 Å². The first-order valence-electron chi connectivity index (χ1n) is 5.87. The van der Waals surface area contributed by atoms with Gasteiger partial charge < -0.3 is 5.32 Å². The minimum Gasteiger partial charge on any atom is -0.309 e. The lowest BCUT2D eigenvalue weighted by Crippen LogP contribution is -2.18. The second-order valence-corrected chi connectivity index (χ2v) is 7.80. The van der Waals surface area contributed by atoms with Crippen molar-refractivity contribution >= 4 is 43.2 Å². The maximum absolute atomic E-state index is 3.65. The summed E-state index contributed by atoms with van der Waals surface area (Å²) in [6.45, 7) is 2.20. The van der Waals surface area contributed by atoms with Gasteiger partial charge in [-0.25, -0.2) is 0 Å². The predicted molar refractivity (Wildman–Crippen MR) is 86.4 cm³/mol. The number of aryl methyl sites for hydroxylation is 1. The van der Waals surface area contributed by atoms with Crippen LogP contribution in [0.2, 0.25) is 0 Å². The van der Waals surface area contributed by atoms with Crippen LogP contribution in [0.5, 0.6) is 0 Å². The van der Waals surface area contributed by atoms with Crippen molar-refractivity contribution in [1.29, 1.82) is 0 Å². The van der Waals surface area contributed by atoms with E-state index in [0.29, 0.717) is 0 Å². The topological polar surface area (TPSA) is 12.0 Å². The Morgan fingerprint density at radius 2 is 1.94 bits per heavy atom. The fraction of sp³-hybridized carbons (Fsp3) is 0.286. The van der Waals surface area contributed by atoms with Gasteiger partial charge >= 0.3 is 0 Å². The highest BCUT2D eigenvalue weighted by Gasteiger charge is 2.19. The summed E-state index contributed by atoms with van der Waals surface area (Å²) in [6, 6.07) is 11.0. The summed E-state index contributed by atoms with van der Waals surface area (Å²) < 4.78 is 2.33. The fourth-order valence-electron chi connectivity index (χ4n) is 2.17. The van der Waals surface area contributed by atoms with Crippen LogP contribution in [0.4, 0.5) is 0 Å². The van der Waals surface area contributed by atoms with Crippen LogP contribution in [0.15, 0.2) is 37.9 Å². The number of nitrogens with one attached hydrogen (secondary N) is 1. The highest BCUT2D eigenvalue weighted by Crippen LogP contribution is 2.38. The molecule has 96 valence electrons. The highest BCUT2D eigenvalue weighted by molar-refractivity contribution is 9.12. The first-order valence-corrected chi connectivity index (χ1v) is 8.27. The van der Waals surface area contributed by atoms with Crippen LogP contribution < -0.4 is 5.32 Å². The van der Waals surface area contributed by atoms with Crippen LogP contribution in [-0.2, 0) is 6.42 Å². The SMILES string of the molecule is CCc1ccccc1C(NC)c1cc(Br)sc1Br. The zero-order valence-corrected chi connectivity index (χ0v) is 14.3. The van der Waals surface area contributed by atoms with Crippen molar-refractivity contribution in [2.45, 2.75) is 19.4 Å². The lowest BCUT2D eigenvalue weighted by molar-refractivity contribution is 0.684. The molecule has 1 aromatic heterocycles. The standard InChI is InChI=1S/C14H15Br2NS/c1-3-9-6-4-5-7-10(9)13(17-2)11-8-12(15)18-14(11)16/h4-8,13,17H,3H2,1-2H3. The molecule has 1 atom stereocenters. The first-order chi connectivity index (χ1) is 8.67. The van der Waals surface area contributed by atoms with Gasteiger partial charge in [-0.3, -0.25) is 0 Å². The van der Waals surface area contributed by atoms with Crippen LogP contribution >= 0.6 is 43.2 Å². The van der Waals surface area contributed by atoms with E-state index in [1.165, 1.54) is 20.5 Å². The summed E-state index contributed by atoms with van der Waals surface area (Å²) >= 11 is 8.91. The predicted octanol–water partition coefficient (Wildman–Crippen LogP) is 5.14. The van der Waals surface area contributed by atoms with Crippen LogP contribution in [0, 0.1) is 0 Å². The maximum Gasteiger partial charge on any atom is 0.0761 e. The van der Waals surface area contributed by atoms with Crippen LogP contribution in [0.3, 0.4) is 0 Å². The highest BCUT2D eigenvalue weighted by atomic mass is 79.9. The molecule has 0 aliphatic rings. The summed E-state index contributed by atoms with van der Waals surface area (Å²) in [4.78, 5) is 0. The van der Waals surface area contributed by atoms with Gasteiger partial charge in [0, 0.05) is 0 Å². The van der Waals surface area contributed by atoms with Gasteiger partial charge in [-0.2, -0.15) is 0 Å². The van der Waals surface area contributed by atoms with Crippen LogP contribution in [0.1, 0.15) is 29.7 Å². The molecule has 1 nitrogen and oxygen atoms in total. The molecule has 1 aromatic carbocycles. The van der Waals surface area contributed by atoms with E-state index in [1.807, 2.05) is 7.05 Å². The Kier molecular flexibility index (Phi) is 5.01. The molecule has 0 aliphatic heterocycles. The van der Waals surface area contributed by atoms with Gasteiger partial charge in [0.15, 0.2) is 0 Å². The molecule has 0 amide bonds. The molecule has 2 rings (SSSR count). The van der Waals surface area contributed by atoms with Crippen molar-refractivity contribution in [2.75, 3.05) is 7.05 Å². The number of halogens is 2. The zero-order valence-electron chi connectivity index (χ0n) is 10.3. The van der Waals surface area contributed by atoms with Crippen LogP contribution in [0.25, 0.3) is 0 Å². The fourth-order valence-corrected chi connectivity index (χ4v) is 5.07. The molecule has 0 spiro atoms. The molecule has 0 saturated carbocycles. The van der Waals surface area contributed by atoms with Crippen molar-refractivity contribution in [1.82, 2.24) is 5.32 Å². The molecule has 2 aromatic rings. The molecule has 0 aliphatic carbocycles. The van der Waals surface area contributed by atoms with E-state index in [-0.39, 0.29) is 6.04 Å². The van der Waals surface area contributed by atoms with Crippen molar-refractivity contribution in [2.24, 2.45) is 0 Å². The Morgan fingerprint density at radius 3 is 2.50 bits per heavy atom. The van der Waals surface area contributed by atoms with Gasteiger partial charge in [0.1, 0.15) is 0 Å². The minimum atomic E-state index is 0.234. The molecule has 1 heterocycles. The Balaban J connectivity index is 2.48. The lowest BCUT2D eigenvalue weighted by Gasteiger charge is -2.19. The average molecular weight is 389 g/mol. The quantitative estimate of drug-likeness (QED) is 0.764. The summed E-state index contributed by atoms with van der Waals surface area (Å²) in [5, 5.41) is 3.42. The third kappa shape index (κ3) is 2.87. The Morgan fingerprint density at radius 1 is 1.22 bits per heavy atom. The third-order valence-electron chi connectivity index (χ3n) is 3.03. The monoisotopic (exact) mass is 387 g/mol. The van der Waals surface area contributed by atoms with Gasteiger partial charge in [-0.05, 0) is 68.1 Å². The second-order valence-electron chi connectivity index (χ2n) is 4.05. The Bertz CT molecular complexity index is 536. The number of rotatable bonds is 4. The van der Waals surface area contributed by atoms with Crippen molar-refractivity contribution in [3.8, 4) is 0 Å². The van der Waals surface area contributed by atoms with Crippen molar-refractivity contribution in [3.63, 3.8) is 0 Å². The van der Waals surface area contributed by atoms with E-state index in [0.717, 1.165) is 10.2 Å². The molecule has 0 bridgehead atoms. The van der Waals surface area contributed by atoms with Gasteiger partial charge in [0.05, 0.1) is 13.6 Å². The molecule has 0 fully saturated rings. The van der Waals surface area contributed by atoms with Gasteiger partial charge in [-0.15, -0.1) is 11.3 Å². The summed E-state index contributed by atoms with van der Waals surface area (Å²) in [7, 11) is 2.01. The molecule has 0 radical (unpaired) electrons. The summed E-state index contributed by atoms with van der Waals surface area (Å²) in [6.07, 6.45) is 1.05. The lowest BCUT2D eigenvalue weighted by atomic mass is 9.95. The zero-order chi connectivity index (χ0) is 13.1. The van der Waals surface area contributed by atoms with E-state index in [1.54, 1.807) is 11.3 Å². The smallest absolute Gasteiger partial charge is 0.0761 e. The molecule has 1 unspecified atom stereocenters. The number of benzene rings is 1. The van der Waals surface area contributed by atoms with Gasteiger partial charge in [0.25, 0.3) is 0 Å². The Hall–Kier alpha value is -0.160. The van der Waals surface area contributed by atoms with Gasteiger partial charge in [-0.1, -0.05) is 31.2 Å². The molecular weight excluding hydrogens is 374 g/mol. The Labute approximate surface area is 129 Å². The second kappa shape index (κ2) is 6.33. The van der Waals surface area contributed by atoms with E-state index in [9.17, 15) is 0 Å². The molecule has 4 heteroatoms.